The lowest BCUT2D eigenvalue weighted by Gasteiger charge is -2.20. The average molecular weight is 268 g/mol. The average Bonchev–Trinajstić information content (AvgIpc) is 2.37. The van der Waals surface area contributed by atoms with E-state index in [-0.39, 0.29) is 5.91 Å². The number of carbonyl (C=O) groups is 1. The van der Waals surface area contributed by atoms with E-state index in [1.165, 1.54) is 11.1 Å². The maximum Gasteiger partial charge on any atom is 0.222 e. The molecule has 0 fully saturated rings. The zero-order valence-electron chi connectivity index (χ0n) is 11.3. The van der Waals surface area contributed by atoms with Crippen LogP contribution in [-0.4, -0.2) is 29.8 Å². The van der Waals surface area contributed by atoms with Gasteiger partial charge in [0.15, 0.2) is 0 Å². The highest BCUT2D eigenvalue weighted by atomic mass is 35.5. The number of aryl methyl sites for hydroxylation is 2. The van der Waals surface area contributed by atoms with Crippen molar-refractivity contribution in [2.75, 3.05) is 19.0 Å². The Hall–Kier alpha value is -1.02. The third-order valence-corrected chi connectivity index (χ3v) is 3.27. The van der Waals surface area contributed by atoms with E-state index >= 15 is 0 Å². The van der Waals surface area contributed by atoms with Crippen LogP contribution in [0.4, 0.5) is 0 Å². The number of alkyl halides is 1. The predicted molar refractivity (Wildman–Crippen MR) is 77.1 cm³/mol. The van der Waals surface area contributed by atoms with E-state index in [1.54, 1.807) is 0 Å². The first-order valence-corrected chi connectivity index (χ1v) is 7.10. The lowest BCUT2D eigenvalue weighted by atomic mass is 10.1. The van der Waals surface area contributed by atoms with Crippen LogP contribution in [-0.2, 0) is 11.2 Å². The Labute approximate surface area is 115 Å². The van der Waals surface area contributed by atoms with Crippen molar-refractivity contribution in [1.29, 1.82) is 0 Å². The topological polar surface area (TPSA) is 20.3 Å². The van der Waals surface area contributed by atoms with Gasteiger partial charge in [-0.25, -0.2) is 0 Å². The molecule has 0 radical (unpaired) electrons. The third-order valence-electron chi connectivity index (χ3n) is 3.01. The molecule has 3 heteroatoms. The Kier molecular flexibility index (Phi) is 6.81. The van der Waals surface area contributed by atoms with Crippen LogP contribution in [0.3, 0.4) is 0 Å². The van der Waals surface area contributed by atoms with Gasteiger partial charge in [0.05, 0.1) is 0 Å². The normalized spacial score (nSPS) is 10.4. The lowest BCUT2D eigenvalue weighted by molar-refractivity contribution is -0.131. The zero-order chi connectivity index (χ0) is 13.4. The van der Waals surface area contributed by atoms with Gasteiger partial charge in [-0.1, -0.05) is 29.8 Å². The van der Waals surface area contributed by atoms with Gasteiger partial charge >= 0.3 is 0 Å². The summed E-state index contributed by atoms with van der Waals surface area (Å²) in [6.07, 6.45) is 2.27. The fourth-order valence-electron chi connectivity index (χ4n) is 1.99. The minimum atomic E-state index is 0.226. The highest BCUT2D eigenvalue weighted by Crippen LogP contribution is 2.08. The second-order valence-corrected chi connectivity index (χ2v) is 4.88. The molecule has 2 nitrogen and oxygen atoms in total. The van der Waals surface area contributed by atoms with Crippen molar-refractivity contribution in [1.82, 2.24) is 4.90 Å². The summed E-state index contributed by atoms with van der Waals surface area (Å²) in [6, 6.07) is 8.34. The van der Waals surface area contributed by atoms with Crippen molar-refractivity contribution in [3.05, 3.63) is 35.4 Å². The molecular formula is C15H22ClNO. The second kappa shape index (κ2) is 8.15. The smallest absolute Gasteiger partial charge is 0.222 e. The van der Waals surface area contributed by atoms with E-state index in [4.69, 9.17) is 11.6 Å². The molecule has 1 rings (SSSR count). The van der Waals surface area contributed by atoms with Crippen LogP contribution in [0.1, 0.15) is 30.9 Å². The standard InChI is InChI=1S/C15H22ClNO/c1-3-17(11-5-10-16)15(18)9-8-14-7-4-6-13(2)12-14/h4,6-7,12H,3,5,8-11H2,1-2H3. The molecule has 0 aromatic heterocycles. The first kappa shape index (κ1) is 15.0. The Bertz CT molecular complexity index is 379. The summed E-state index contributed by atoms with van der Waals surface area (Å²) in [5.74, 6) is 0.839. The van der Waals surface area contributed by atoms with Gasteiger partial charge in [0.25, 0.3) is 0 Å². The number of halogens is 1. The van der Waals surface area contributed by atoms with Crippen LogP contribution in [0, 0.1) is 6.92 Å². The third kappa shape index (κ3) is 5.09. The molecule has 0 bridgehead atoms. The molecule has 0 N–H and O–H groups in total. The minimum absolute atomic E-state index is 0.226. The number of benzene rings is 1. The molecule has 1 aromatic rings. The summed E-state index contributed by atoms with van der Waals surface area (Å²) in [5, 5.41) is 0. The molecular weight excluding hydrogens is 246 g/mol. The van der Waals surface area contributed by atoms with E-state index in [0.717, 1.165) is 25.9 Å². The summed E-state index contributed by atoms with van der Waals surface area (Å²) < 4.78 is 0. The van der Waals surface area contributed by atoms with Crippen molar-refractivity contribution < 1.29 is 4.79 Å². The number of carbonyl (C=O) groups excluding carboxylic acids is 1. The van der Waals surface area contributed by atoms with Crippen molar-refractivity contribution in [2.45, 2.75) is 33.1 Å². The Balaban J connectivity index is 2.44. The van der Waals surface area contributed by atoms with Crippen molar-refractivity contribution in [2.24, 2.45) is 0 Å². The first-order chi connectivity index (χ1) is 8.67. The molecule has 18 heavy (non-hydrogen) atoms. The molecule has 0 atom stereocenters. The Morgan fingerprint density at radius 1 is 1.39 bits per heavy atom. The van der Waals surface area contributed by atoms with Gasteiger partial charge in [-0.15, -0.1) is 11.6 Å². The maximum atomic E-state index is 12.0. The quantitative estimate of drug-likeness (QED) is 0.694. The SMILES string of the molecule is CCN(CCCCl)C(=O)CCc1cccc(C)c1. The van der Waals surface area contributed by atoms with Gasteiger partial charge in [-0.2, -0.15) is 0 Å². The van der Waals surface area contributed by atoms with E-state index in [9.17, 15) is 4.79 Å². The molecule has 0 spiro atoms. The molecule has 0 saturated heterocycles. The molecule has 1 amide bonds. The van der Waals surface area contributed by atoms with E-state index in [2.05, 4.69) is 25.1 Å². The molecule has 0 heterocycles. The van der Waals surface area contributed by atoms with Crippen LogP contribution < -0.4 is 0 Å². The molecule has 0 aliphatic rings. The van der Waals surface area contributed by atoms with Gasteiger partial charge in [-0.05, 0) is 32.3 Å². The summed E-state index contributed by atoms with van der Waals surface area (Å²) in [7, 11) is 0. The van der Waals surface area contributed by atoms with Crippen molar-refractivity contribution >= 4 is 17.5 Å². The molecule has 0 saturated carbocycles. The monoisotopic (exact) mass is 267 g/mol. The Morgan fingerprint density at radius 3 is 2.78 bits per heavy atom. The van der Waals surface area contributed by atoms with Crippen LogP contribution in [0.15, 0.2) is 24.3 Å². The van der Waals surface area contributed by atoms with E-state index < -0.39 is 0 Å². The molecule has 0 unspecified atom stereocenters. The number of hydrogen-bond donors (Lipinski definition) is 0. The van der Waals surface area contributed by atoms with Crippen LogP contribution >= 0.6 is 11.6 Å². The second-order valence-electron chi connectivity index (χ2n) is 4.50. The Morgan fingerprint density at radius 2 is 2.17 bits per heavy atom. The minimum Gasteiger partial charge on any atom is -0.343 e. The molecule has 0 aliphatic heterocycles. The fourth-order valence-corrected chi connectivity index (χ4v) is 2.11. The number of hydrogen-bond acceptors (Lipinski definition) is 1. The first-order valence-electron chi connectivity index (χ1n) is 6.56. The van der Waals surface area contributed by atoms with Gasteiger partial charge in [-0.3, -0.25) is 4.79 Å². The summed E-state index contributed by atoms with van der Waals surface area (Å²) in [5.41, 5.74) is 2.48. The fraction of sp³-hybridized carbons (Fsp3) is 0.533. The van der Waals surface area contributed by atoms with Crippen molar-refractivity contribution in [3.63, 3.8) is 0 Å². The number of rotatable bonds is 7. The molecule has 0 aliphatic carbocycles. The van der Waals surface area contributed by atoms with Crippen LogP contribution in [0.2, 0.25) is 0 Å². The van der Waals surface area contributed by atoms with E-state index in [0.29, 0.717) is 12.3 Å². The molecule has 100 valence electrons. The van der Waals surface area contributed by atoms with Gasteiger partial charge in [0, 0.05) is 25.4 Å². The summed E-state index contributed by atoms with van der Waals surface area (Å²) in [6.45, 7) is 5.62. The van der Waals surface area contributed by atoms with Gasteiger partial charge < -0.3 is 4.90 Å². The van der Waals surface area contributed by atoms with Crippen LogP contribution in [0.5, 0.6) is 0 Å². The summed E-state index contributed by atoms with van der Waals surface area (Å²) in [4.78, 5) is 13.9. The van der Waals surface area contributed by atoms with Crippen molar-refractivity contribution in [3.8, 4) is 0 Å². The number of nitrogens with zero attached hydrogens (tertiary/aromatic N) is 1. The lowest BCUT2D eigenvalue weighted by Crippen LogP contribution is -2.32. The zero-order valence-corrected chi connectivity index (χ0v) is 12.0. The largest absolute Gasteiger partial charge is 0.343 e. The summed E-state index contributed by atoms with van der Waals surface area (Å²) >= 11 is 5.66. The predicted octanol–water partition coefficient (Wildman–Crippen LogP) is 3.41. The van der Waals surface area contributed by atoms with E-state index in [1.807, 2.05) is 17.9 Å². The van der Waals surface area contributed by atoms with Crippen LogP contribution in [0.25, 0.3) is 0 Å². The molecule has 1 aromatic carbocycles. The highest BCUT2D eigenvalue weighted by molar-refractivity contribution is 6.17. The van der Waals surface area contributed by atoms with Gasteiger partial charge in [0.2, 0.25) is 5.91 Å². The highest BCUT2D eigenvalue weighted by Gasteiger charge is 2.10. The maximum absolute atomic E-state index is 12.0. The van der Waals surface area contributed by atoms with Gasteiger partial charge in [0.1, 0.15) is 0 Å². The number of amides is 1.